The summed E-state index contributed by atoms with van der Waals surface area (Å²) in [6.45, 7) is 7.32. The molecule has 1 aromatic carbocycles. The molecule has 6 heteroatoms. The summed E-state index contributed by atoms with van der Waals surface area (Å²) in [5.41, 5.74) is 0.467. The monoisotopic (exact) mass is 367 g/mol. The third kappa shape index (κ3) is 4.89. The quantitative estimate of drug-likeness (QED) is 0.813. The molecule has 0 spiro atoms. The van der Waals surface area contributed by atoms with E-state index in [0.29, 0.717) is 35.6 Å². The number of amides is 1. The maximum absolute atomic E-state index is 12.3. The topological polar surface area (TPSA) is 78.5 Å². The fraction of sp³-hybridized carbons (Fsp3) is 0.429. The van der Waals surface area contributed by atoms with Crippen molar-refractivity contribution in [3.8, 4) is 11.8 Å². The number of nitrogens with zero attached hydrogens (tertiary/aromatic N) is 2. The zero-order valence-electron chi connectivity index (χ0n) is 15.8. The molecule has 1 aliphatic rings. The Morgan fingerprint density at radius 2 is 2.19 bits per heavy atom. The van der Waals surface area contributed by atoms with E-state index in [1.165, 1.54) is 0 Å². The van der Waals surface area contributed by atoms with Crippen molar-refractivity contribution in [3.63, 3.8) is 0 Å². The summed E-state index contributed by atoms with van der Waals surface area (Å²) in [6.07, 6.45) is 1.11. The summed E-state index contributed by atoms with van der Waals surface area (Å²) in [5, 5.41) is 12.0. The molecule has 1 aromatic heterocycles. The molecule has 2 aromatic rings. The molecule has 1 fully saturated rings. The summed E-state index contributed by atoms with van der Waals surface area (Å²) in [7, 11) is 0. The van der Waals surface area contributed by atoms with Gasteiger partial charge in [0.25, 0.3) is 5.91 Å². The molecule has 1 saturated heterocycles. The number of furan rings is 1. The van der Waals surface area contributed by atoms with Gasteiger partial charge in [0.05, 0.1) is 5.56 Å². The van der Waals surface area contributed by atoms with Crippen LogP contribution in [0.5, 0.6) is 5.75 Å². The van der Waals surface area contributed by atoms with Gasteiger partial charge in [0.1, 0.15) is 24.2 Å². The van der Waals surface area contributed by atoms with Crippen LogP contribution in [-0.2, 0) is 6.61 Å². The van der Waals surface area contributed by atoms with Crippen molar-refractivity contribution in [2.45, 2.75) is 32.9 Å². The predicted molar refractivity (Wildman–Crippen MR) is 101 cm³/mol. The SMILES string of the molecule is CC(C)N1CC[C@@H](CNC(=O)c2ccc(COc3ccccc3C#N)o2)C1. The molecule has 0 unspecified atom stereocenters. The lowest BCUT2D eigenvalue weighted by atomic mass is 10.1. The maximum Gasteiger partial charge on any atom is 0.287 e. The number of benzene rings is 1. The minimum Gasteiger partial charge on any atom is -0.484 e. The van der Waals surface area contributed by atoms with Gasteiger partial charge in [-0.3, -0.25) is 4.79 Å². The second kappa shape index (κ2) is 8.74. The molecular formula is C21H25N3O3. The largest absolute Gasteiger partial charge is 0.484 e. The Morgan fingerprint density at radius 1 is 1.37 bits per heavy atom. The van der Waals surface area contributed by atoms with Crippen LogP contribution in [0.25, 0.3) is 0 Å². The molecule has 3 rings (SSSR count). The fourth-order valence-corrected chi connectivity index (χ4v) is 3.23. The van der Waals surface area contributed by atoms with E-state index < -0.39 is 0 Å². The van der Waals surface area contributed by atoms with Gasteiger partial charge in [-0.2, -0.15) is 5.26 Å². The van der Waals surface area contributed by atoms with Gasteiger partial charge in [-0.15, -0.1) is 0 Å². The predicted octanol–water partition coefficient (Wildman–Crippen LogP) is 3.19. The number of carbonyl (C=O) groups excluding carboxylic acids is 1. The number of hydrogen-bond donors (Lipinski definition) is 1. The van der Waals surface area contributed by atoms with E-state index in [0.717, 1.165) is 19.5 Å². The van der Waals surface area contributed by atoms with Crippen LogP contribution in [0.15, 0.2) is 40.8 Å². The third-order valence-corrected chi connectivity index (χ3v) is 4.86. The lowest BCUT2D eigenvalue weighted by Gasteiger charge is -2.20. The van der Waals surface area contributed by atoms with Crippen LogP contribution < -0.4 is 10.1 Å². The minimum atomic E-state index is -0.207. The standard InChI is InChI=1S/C21H25N3O3/c1-15(2)24-10-9-16(13-24)12-23-21(25)20-8-7-18(27-20)14-26-19-6-4-3-5-17(19)11-22/h3-8,15-16H,9-10,12-14H2,1-2H3,(H,23,25)/t16-/m0/s1. The van der Waals surface area contributed by atoms with Crippen LogP contribution in [0, 0.1) is 17.2 Å². The van der Waals surface area contributed by atoms with Crippen LogP contribution >= 0.6 is 0 Å². The van der Waals surface area contributed by atoms with Crippen LogP contribution in [0.4, 0.5) is 0 Å². The van der Waals surface area contributed by atoms with Crippen LogP contribution in [-0.4, -0.2) is 36.5 Å². The van der Waals surface area contributed by atoms with E-state index in [1.807, 2.05) is 0 Å². The summed E-state index contributed by atoms with van der Waals surface area (Å²) in [5.74, 6) is 1.59. The average molecular weight is 367 g/mol. The van der Waals surface area contributed by atoms with Gasteiger partial charge in [-0.25, -0.2) is 0 Å². The van der Waals surface area contributed by atoms with Crippen molar-refractivity contribution in [1.82, 2.24) is 10.2 Å². The molecule has 0 aliphatic carbocycles. The van der Waals surface area contributed by atoms with Crippen LogP contribution in [0.3, 0.4) is 0 Å². The molecule has 0 bridgehead atoms. The van der Waals surface area contributed by atoms with Gasteiger partial charge in [0.15, 0.2) is 5.76 Å². The lowest BCUT2D eigenvalue weighted by Crippen LogP contribution is -2.32. The molecule has 0 radical (unpaired) electrons. The van der Waals surface area contributed by atoms with Gasteiger partial charge in [0.2, 0.25) is 0 Å². The number of likely N-dealkylation sites (tertiary alicyclic amines) is 1. The first-order valence-electron chi connectivity index (χ1n) is 9.29. The van der Waals surface area contributed by atoms with Crippen molar-refractivity contribution in [1.29, 1.82) is 5.26 Å². The Labute approximate surface area is 159 Å². The Balaban J connectivity index is 1.49. The van der Waals surface area contributed by atoms with Gasteiger partial charge in [-0.1, -0.05) is 12.1 Å². The summed E-state index contributed by atoms with van der Waals surface area (Å²) in [6, 6.07) is 13.0. The van der Waals surface area contributed by atoms with Crippen molar-refractivity contribution in [3.05, 3.63) is 53.5 Å². The molecule has 1 aliphatic heterocycles. The van der Waals surface area contributed by atoms with Crippen molar-refractivity contribution >= 4 is 5.91 Å². The molecule has 27 heavy (non-hydrogen) atoms. The van der Waals surface area contributed by atoms with Crippen molar-refractivity contribution in [2.75, 3.05) is 19.6 Å². The van der Waals surface area contributed by atoms with E-state index in [9.17, 15) is 4.79 Å². The highest BCUT2D eigenvalue weighted by Gasteiger charge is 2.24. The molecule has 0 saturated carbocycles. The number of nitriles is 1. The van der Waals surface area contributed by atoms with E-state index in [-0.39, 0.29) is 18.3 Å². The highest BCUT2D eigenvalue weighted by atomic mass is 16.5. The molecule has 2 heterocycles. The molecule has 142 valence electrons. The summed E-state index contributed by atoms with van der Waals surface area (Å²) in [4.78, 5) is 14.7. The Hall–Kier alpha value is -2.78. The molecule has 1 atom stereocenters. The zero-order chi connectivity index (χ0) is 19.2. The van der Waals surface area contributed by atoms with E-state index in [2.05, 4.69) is 30.1 Å². The van der Waals surface area contributed by atoms with E-state index >= 15 is 0 Å². The first kappa shape index (κ1) is 19.0. The zero-order valence-corrected chi connectivity index (χ0v) is 15.8. The molecule has 1 N–H and O–H groups in total. The van der Waals surface area contributed by atoms with Crippen molar-refractivity contribution < 1.29 is 13.9 Å². The van der Waals surface area contributed by atoms with Gasteiger partial charge < -0.3 is 19.4 Å². The minimum absolute atomic E-state index is 0.165. The Kier molecular flexibility index (Phi) is 6.15. The van der Waals surface area contributed by atoms with E-state index in [1.54, 1.807) is 36.4 Å². The molecule has 6 nitrogen and oxygen atoms in total. The number of nitrogens with one attached hydrogen (secondary N) is 1. The Bertz CT molecular complexity index is 822. The second-order valence-corrected chi connectivity index (χ2v) is 7.12. The first-order chi connectivity index (χ1) is 13.1. The van der Waals surface area contributed by atoms with Gasteiger partial charge >= 0.3 is 0 Å². The average Bonchev–Trinajstić information content (AvgIpc) is 3.34. The number of hydrogen-bond acceptors (Lipinski definition) is 5. The van der Waals surface area contributed by atoms with Gasteiger partial charge in [0, 0.05) is 19.1 Å². The number of para-hydroxylation sites is 1. The summed E-state index contributed by atoms with van der Waals surface area (Å²) < 4.78 is 11.2. The molecule has 1 amide bonds. The van der Waals surface area contributed by atoms with Crippen molar-refractivity contribution in [2.24, 2.45) is 5.92 Å². The van der Waals surface area contributed by atoms with Crippen LogP contribution in [0.1, 0.15) is 42.1 Å². The van der Waals surface area contributed by atoms with E-state index in [4.69, 9.17) is 14.4 Å². The normalized spacial score (nSPS) is 17.0. The lowest BCUT2D eigenvalue weighted by molar-refractivity contribution is 0.0915. The third-order valence-electron chi connectivity index (χ3n) is 4.86. The first-order valence-corrected chi connectivity index (χ1v) is 9.29. The number of rotatable bonds is 7. The second-order valence-electron chi connectivity index (χ2n) is 7.12. The number of ether oxygens (including phenoxy) is 1. The van der Waals surface area contributed by atoms with Gasteiger partial charge in [-0.05, 0) is 57.0 Å². The molecular weight excluding hydrogens is 342 g/mol. The van der Waals surface area contributed by atoms with Crippen LogP contribution in [0.2, 0.25) is 0 Å². The highest BCUT2D eigenvalue weighted by Crippen LogP contribution is 2.20. The highest BCUT2D eigenvalue weighted by molar-refractivity contribution is 5.91. The smallest absolute Gasteiger partial charge is 0.287 e. The Morgan fingerprint density at radius 3 is 2.93 bits per heavy atom. The fourth-order valence-electron chi connectivity index (χ4n) is 3.23. The summed E-state index contributed by atoms with van der Waals surface area (Å²) >= 11 is 0. The number of carbonyl (C=O) groups is 1. The maximum atomic E-state index is 12.3.